The highest BCUT2D eigenvalue weighted by atomic mass is 16.6. The lowest BCUT2D eigenvalue weighted by molar-refractivity contribution is 0.0240. The predicted molar refractivity (Wildman–Crippen MR) is 127 cm³/mol. The highest BCUT2D eigenvalue weighted by molar-refractivity contribution is 5.69. The van der Waals surface area contributed by atoms with Crippen molar-refractivity contribution in [3.8, 4) is 5.75 Å². The van der Waals surface area contributed by atoms with E-state index in [1.54, 1.807) is 4.90 Å². The number of nitrogens with one attached hydrogen (secondary N) is 1. The van der Waals surface area contributed by atoms with E-state index in [-0.39, 0.29) is 18.7 Å². The molecule has 34 heavy (non-hydrogen) atoms. The van der Waals surface area contributed by atoms with Gasteiger partial charge >= 0.3 is 12.2 Å². The van der Waals surface area contributed by atoms with Gasteiger partial charge in [0.2, 0.25) is 0 Å². The van der Waals surface area contributed by atoms with E-state index >= 15 is 0 Å². The molecule has 0 unspecified atom stereocenters. The minimum atomic E-state index is -0.501. The van der Waals surface area contributed by atoms with Gasteiger partial charge in [-0.2, -0.15) is 0 Å². The SMILES string of the molecule is CC(C)(C)OC(=O)N1CCN(c2cnc3c(c2)OC[C@H](NC(=O)OCc2ccccc2)C3)CC1. The van der Waals surface area contributed by atoms with Gasteiger partial charge in [0.05, 0.1) is 23.6 Å². The summed E-state index contributed by atoms with van der Waals surface area (Å²) in [5, 5.41) is 2.85. The van der Waals surface area contributed by atoms with Gasteiger partial charge in [-0.3, -0.25) is 4.98 Å². The molecule has 4 rings (SSSR count). The molecule has 0 spiro atoms. The normalized spacial score (nSPS) is 17.9. The number of anilines is 1. The first-order chi connectivity index (χ1) is 16.3. The van der Waals surface area contributed by atoms with E-state index in [0.29, 0.717) is 39.2 Å². The number of fused-ring (bicyclic) bond motifs is 1. The first-order valence-corrected chi connectivity index (χ1v) is 11.6. The van der Waals surface area contributed by atoms with Crippen molar-refractivity contribution in [3.63, 3.8) is 0 Å². The van der Waals surface area contributed by atoms with Crippen LogP contribution in [0.25, 0.3) is 0 Å². The van der Waals surface area contributed by atoms with Crippen molar-refractivity contribution in [2.24, 2.45) is 0 Å². The summed E-state index contributed by atoms with van der Waals surface area (Å²) in [6, 6.07) is 11.3. The standard InChI is InChI=1S/C25H32N4O5/c1-25(2,3)34-24(31)29-11-9-28(10-12-29)20-14-22-21(26-15-20)13-19(17-32-22)27-23(30)33-16-18-7-5-4-6-8-18/h4-8,14-15,19H,9-13,16-17H2,1-3H3,(H,27,30)/t19-/m1/s1. The van der Waals surface area contributed by atoms with Crippen molar-refractivity contribution in [2.45, 2.75) is 45.4 Å². The third-order valence-electron chi connectivity index (χ3n) is 5.63. The van der Waals surface area contributed by atoms with E-state index in [2.05, 4.69) is 15.2 Å². The fraction of sp³-hybridized carbons (Fsp3) is 0.480. The van der Waals surface area contributed by atoms with Gasteiger partial charge in [0.1, 0.15) is 24.6 Å². The molecule has 1 N–H and O–H groups in total. The third-order valence-corrected chi connectivity index (χ3v) is 5.63. The Morgan fingerprint density at radius 2 is 1.88 bits per heavy atom. The highest BCUT2D eigenvalue weighted by Gasteiger charge is 2.28. The molecule has 2 amide bonds. The number of benzene rings is 1. The molecule has 3 heterocycles. The molecule has 0 aliphatic carbocycles. The second-order valence-electron chi connectivity index (χ2n) is 9.51. The number of rotatable bonds is 4. The van der Waals surface area contributed by atoms with Crippen LogP contribution in [0.4, 0.5) is 15.3 Å². The van der Waals surface area contributed by atoms with Crippen LogP contribution in [0.3, 0.4) is 0 Å². The quantitative estimate of drug-likeness (QED) is 0.735. The minimum absolute atomic E-state index is 0.202. The zero-order valence-electron chi connectivity index (χ0n) is 20.0. The Kier molecular flexibility index (Phi) is 7.09. The Bertz CT molecular complexity index is 1000. The lowest BCUT2D eigenvalue weighted by Gasteiger charge is -2.37. The van der Waals surface area contributed by atoms with E-state index in [1.165, 1.54) is 0 Å². The molecular formula is C25H32N4O5. The van der Waals surface area contributed by atoms with Gasteiger partial charge in [0, 0.05) is 38.7 Å². The molecular weight excluding hydrogens is 436 g/mol. The molecule has 182 valence electrons. The predicted octanol–water partition coefficient (Wildman–Crippen LogP) is 3.37. The molecule has 2 aliphatic heterocycles. The van der Waals surface area contributed by atoms with Gasteiger partial charge in [-0.15, -0.1) is 0 Å². The average molecular weight is 469 g/mol. The molecule has 1 saturated heterocycles. The number of carbonyl (C=O) groups excluding carboxylic acids is 2. The van der Waals surface area contributed by atoms with Crippen LogP contribution in [0.5, 0.6) is 5.75 Å². The number of piperazine rings is 1. The fourth-order valence-corrected chi connectivity index (χ4v) is 3.89. The Balaban J connectivity index is 1.26. The minimum Gasteiger partial charge on any atom is -0.489 e. The maximum Gasteiger partial charge on any atom is 0.410 e. The summed E-state index contributed by atoms with van der Waals surface area (Å²) in [7, 11) is 0. The number of nitrogens with zero attached hydrogens (tertiary/aromatic N) is 3. The first-order valence-electron chi connectivity index (χ1n) is 11.6. The summed E-state index contributed by atoms with van der Waals surface area (Å²) in [6.07, 6.45) is 1.64. The zero-order valence-corrected chi connectivity index (χ0v) is 20.0. The molecule has 9 heteroatoms. The number of aromatic nitrogens is 1. The van der Waals surface area contributed by atoms with Crippen molar-refractivity contribution in [3.05, 3.63) is 53.9 Å². The van der Waals surface area contributed by atoms with E-state index in [0.717, 1.165) is 22.7 Å². The molecule has 1 atom stereocenters. The average Bonchev–Trinajstić information content (AvgIpc) is 2.82. The topological polar surface area (TPSA) is 93.2 Å². The molecule has 9 nitrogen and oxygen atoms in total. The molecule has 1 aromatic heterocycles. The summed E-state index contributed by atoms with van der Waals surface area (Å²) in [4.78, 5) is 32.9. The summed E-state index contributed by atoms with van der Waals surface area (Å²) >= 11 is 0. The van der Waals surface area contributed by atoms with Crippen LogP contribution < -0.4 is 15.0 Å². The Morgan fingerprint density at radius 3 is 2.59 bits per heavy atom. The number of hydrogen-bond acceptors (Lipinski definition) is 7. The smallest absolute Gasteiger partial charge is 0.410 e. The number of alkyl carbamates (subject to hydrolysis) is 1. The van der Waals surface area contributed by atoms with Gasteiger partial charge in [-0.25, -0.2) is 9.59 Å². The van der Waals surface area contributed by atoms with E-state index < -0.39 is 11.7 Å². The van der Waals surface area contributed by atoms with Crippen LogP contribution in [0.2, 0.25) is 0 Å². The van der Waals surface area contributed by atoms with Gasteiger partial charge in [-0.1, -0.05) is 30.3 Å². The molecule has 0 saturated carbocycles. The van der Waals surface area contributed by atoms with Crippen molar-refractivity contribution >= 4 is 17.9 Å². The monoisotopic (exact) mass is 468 g/mol. The molecule has 0 bridgehead atoms. The van der Waals surface area contributed by atoms with Crippen molar-refractivity contribution < 1.29 is 23.8 Å². The summed E-state index contributed by atoms with van der Waals surface area (Å²) in [5.41, 5.74) is 2.19. The second-order valence-corrected chi connectivity index (χ2v) is 9.51. The number of pyridine rings is 1. The zero-order chi connectivity index (χ0) is 24.1. The summed E-state index contributed by atoms with van der Waals surface area (Å²) in [5.74, 6) is 0.725. The van der Waals surface area contributed by atoms with Gasteiger partial charge in [0.25, 0.3) is 0 Å². The fourth-order valence-electron chi connectivity index (χ4n) is 3.89. The molecule has 0 radical (unpaired) electrons. The largest absolute Gasteiger partial charge is 0.489 e. The number of amides is 2. The maximum absolute atomic E-state index is 12.3. The van der Waals surface area contributed by atoms with Crippen LogP contribution in [0.15, 0.2) is 42.6 Å². The van der Waals surface area contributed by atoms with E-state index in [1.807, 2.05) is 63.4 Å². The van der Waals surface area contributed by atoms with Crippen LogP contribution in [-0.2, 0) is 22.5 Å². The summed E-state index contributed by atoms with van der Waals surface area (Å²) < 4.78 is 16.7. The summed E-state index contributed by atoms with van der Waals surface area (Å²) in [6.45, 7) is 8.74. The van der Waals surface area contributed by atoms with E-state index in [9.17, 15) is 9.59 Å². The Hall–Kier alpha value is -3.49. The lowest BCUT2D eigenvalue weighted by Crippen LogP contribution is -2.50. The molecule has 1 fully saturated rings. The van der Waals surface area contributed by atoms with Crippen molar-refractivity contribution in [2.75, 3.05) is 37.7 Å². The van der Waals surface area contributed by atoms with Crippen LogP contribution in [-0.4, -0.2) is 66.5 Å². The van der Waals surface area contributed by atoms with Gasteiger partial charge < -0.3 is 29.3 Å². The first kappa shape index (κ1) is 23.7. The molecule has 2 aromatic rings. The highest BCUT2D eigenvalue weighted by Crippen LogP contribution is 2.28. The molecule has 1 aromatic carbocycles. The molecule has 2 aliphatic rings. The van der Waals surface area contributed by atoms with Gasteiger partial charge in [-0.05, 0) is 26.3 Å². The Morgan fingerprint density at radius 1 is 1.15 bits per heavy atom. The van der Waals surface area contributed by atoms with Gasteiger partial charge in [0.15, 0.2) is 0 Å². The van der Waals surface area contributed by atoms with Crippen molar-refractivity contribution in [1.29, 1.82) is 0 Å². The lowest BCUT2D eigenvalue weighted by atomic mass is 10.1. The maximum atomic E-state index is 12.3. The van der Waals surface area contributed by atoms with Crippen LogP contribution >= 0.6 is 0 Å². The van der Waals surface area contributed by atoms with Crippen LogP contribution in [0, 0.1) is 0 Å². The van der Waals surface area contributed by atoms with Crippen LogP contribution in [0.1, 0.15) is 32.0 Å². The number of carbonyl (C=O) groups is 2. The second kappa shape index (κ2) is 10.2. The number of ether oxygens (including phenoxy) is 3. The van der Waals surface area contributed by atoms with E-state index in [4.69, 9.17) is 14.2 Å². The van der Waals surface area contributed by atoms with Crippen molar-refractivity contribution in [1.82, 2.24) is 15.2 Å². The number of hydrogen-bond donors (Lipinski definition) is 1. The third kappa shape index (κ3) is 6.30. The Labute approximate surface area is 200 Å².